The van der Waals surface area contributed by atoms with Crippen LogP contribution in [0.25, 0.3) is 0 Å². The molecule has 1 aliphatic heterocycles. The van der Waals surface area contributed by atoms with Crippen LogP contribution in [0.15, 0.2) is 30.3 Å². The Hall–Kier alpha value is -1.79. The number of amides is 3. The summed E-state index contributed by atoms with van der Waals surface area (Å²) in [6, 6.07) is 9.86. The number of carbonyl (C=O) groups excluding carboxylic acids is 2. The third kappa shape index (κ3) is 6.88. The first-order chi connectivity index (χ1) is 10.6. The van der Waals surface area contributed by atoms with Crippen LogP contribution in [0.2, 0.25) is 0 Å². The normalized spacial score (nSPS) is 16.3. The Bertz CT molecular complexity index is 492. The van der Waals surface area contributed by atoms with Crippen molar-refractivity contribution >= 4 is 24.3 Å². The third-order valence-electron chi connectivity index (χ3n) is 3.66. The molecule has 1 aliphatic rings. The van der Waals surface area contributed by atoms with E-state index in [4.69, 9.17) is 0 Å². The van der Waals surface area contributed by atoms with Crippen LogP contribution in [0.5, 0.6) is 0 Å². The predicted molar refractivity (Wildman–Crippen MR) is 92.6 cm³/mol. The Labute approximate surface area is 143 Å². The Morgan fingerprint density at radius 3 is 2.70 bits per heavy atom. The number of carbonyl (C=O) groups is 2. The van der Waals surface area contributed by atoms with Gasteiger partial charge in [0.05, 0.1) is 0 Å². The van der Waals surface area contributed by atoms with E-state index in [0.717, 1.165) is 25.1 Å². The molecular formula is C16H25ClN4O2. The van der Waals surface area contributed by atoms with E-state index >= 15 is 0 Å². The van der Waals surface area contributed by atoms with E-state index in [9.17, 15) is 9.59 Å². The van der Waals surface area contributed by atoms with Crippen molar-refractivity contribution in [2.45, 2.75) is 25.4 Å². The van der Waals surface area contributed by atoms with E-state index in [2.05, 4.69) is 16.0 Å². The summed E-state index contributed by atoms with van der Waals surface area (Å²) < 4.78 is 0. The van der Waals surface area contributed by atoms with Crippen LogP contribution in [0, 0.1) is 0 Å². The number of benzene rings is 1. The SMILES string of the molecule is CN(Cc1ccccc1)C(=O)NCCC(=O)NC1CCNC1.Cl. The molecule has 1 fully saturated rings. The van der Waals surface area contributed by atoms with Crippen molar-refractivity contribution in [2.75, 3.05) is 26.7 Å². The highest BCUT2D eigenvalue weighted by molar-refractivity contribution is 5.85. The largest absolute Gasteiger partial charge is 0.352 e. The minimum Gasteiger partial charge on any atom is -0.352 e. The Kier molecular flexibility index (Phi) is 8.43. The molecule has 3 amide bonds. The molecule has 0 aromatic heterocycles. The zero-order valence-electron chi connectivity index (χ0n) is 13.4. The van der Waals surface area contributed by atoms with Crippen LogP contribution in [0.4, 0.5) is 4.79 Å². The molecule has 0 radical (unpaired) electrons. The predicted octanol–water partition coefficient (Wildman–Crippen LogP) is 1.12. The Balaban J connectivity index is 0.00000264. The van der Waals surface area contributed by atoms with Crippen LogP contribution in [0.3, 0.4) is 0 Å². The van der Waals surface area contributed by atoms with Gasteiger partial charge >= 0.3 is 6.03 Å². The van der Waals surface area contributed by atoms with E-state index in [1.165, 1.54) is 0 Å². The van der Waals surface area contributed by atoms with Crippen molar-refractivity contribution in [3.63, 3.8) is 0 Å². The van der Waals surface area contributed by atoms with Gasteiger partial charge in [-0.3, -0.25) is 4.79 Å². The minimum atomic E-state index is -0.167. The molecule has 3 N–H and O–H groups in total. The molecule has 0 aliphatic carbocycles. The zero-order valence-corrected chi connectivity index (χ0v) is 14.2. The fourth-order valence-electron chi connectivity index (χ4n) is 2.42. The molecule has 1 aromatic carbocycles. The quantitative estimate of drug-likeness (QED) is 0.726. The second-order valence-electron chi connectivity index (χ2n) is 5.58. The zero-order chi connectivity index (χ0) is 15.8. The van der Waals surface area contributed by atoms with Crippen LogP contribution in [0.1, 0.15) is 18.4 Å². The first-order valence-corrected chi connectivity index (χ1v) is 7.68. The Morgan fingerprint density at radius 1 is 1.30 bits per heavy atom. The van der Waals surface area contributed by atoms with Crippen LogP contribution in [-0.4, -0.2) is 49.6 Å². The second-order valence-corrected chi connectivity index (χ2v) is 5.58. The third-order valence-corrected chi connectivity index (χ3v) is 3.66. The average Bonchev–Trinajstić information content (AvgIpc) is 3.01. The molecule has 128 valence electrons. The van der Waals surface area contributed by atoms with Crippen LogP contribution >= 0.6 is 12.4 Å². The molecule has 1 saturated heterocycles. The summed E-state index contributed by atoms with van der Waals surface area (Å²) in [4.78, 5) is 25.3. The average molecular weight is 341 g/mol. The van der Waals surface area contributed by atoms with Gasteiger partial charge in [0.25, 0.3) is 0 Å². The summed E-state index contributed by atoms with van der Waals surface area (Å²) in [5.41, 5.74) is 1.08. The van der Waals surface area contributed by atoms with Crippen molar-refractivity contribution in [1.82, 2.24) is 20.9 Å². The van der Waals surface area contributed by atoms with Gasteiger partial charge in [-0.25, -0.2) is 4.79 Å². The van der Waals surface area contributed by atoms with Gasteiger partial charge in [0.2, 0.25) is 5.91 Å². The van der Waals surface area contributed by atoms with Gasteiger partial charge in [0.1, 0.15) is 0 Å². The highest BCUT2D eigenvalue weighted by atomic mass is 35.5. The maximum absolute atomic E-state index is 11.9. The monoisotopic (exact) mass is 340 g/mol. The molecule has 7 heteroatoms. The molecule has 0 saturated carbocycles. The highest BCUT2D eigenvalue weighted by Crippen LogP contribution is 2.02. The van der Waals surface area contributed by atoms with Crippen LogP contribution in [-0.2, 0) is 11.3 Å². The lowest BCUT2D eigenvalue weighted by Crippen LogP contribution is -2.41. The second kappa shape index (κ2) is 10.1. The number of nitrogens with zero attached hydrogens (tertiary/aromatic N) is 1. The fourth-order valence-corrected chi connectivity index (χ4v) is 2.42. The number of nitrogens with one attached hydrogen (secondary N) is 3. The maximum atomic E-state index is 11.9. The van der Waals surface area contributed by atoms with Crippen molar-refractivity contribution in [3.05, 3.63) is 35.9 Å². The van der Waals surface area contributed by atoms with E-state index < -0.39 is 0 Å². The standard InChI is InChI=1S/C16H24N4O2.ClH/c1-20(12-13-5-3-2-4-6-13)16(22)18-10-8-15(21)19-14-7-9-17-11-14;/h2-6,14,17H,7-12H2,1H3,(H,18,22)(H,19,21);1H. The maximum Gasteiger partial charge on any atom is 0.317 e. The van der Waals surface area contributed by atoms with E-state index in [-0.39, 0.29) is 30.4 Å². The molecule has 1 aromatic rings. The molecule has 0 spiro atoms. The van der Waals surface area contributed by atoms with Gasteiger partial charge in [-0.2, -0.15) is 0 Å². The number of hydrogen-bond donors (Lipinski definition) is 3. The summed E-state index contributed by atoms with van der Waals surface area (Å²) in [6.07, 6.45) is 1.28. The van der Waals surface area contributed by atoms with Crippen molar-refractivity contribution in [2.24, 2.45) is 0 Å². The smallest absolute Gasteiger partial charge is 0.317 e. The lowest BCUT2D eigenvalue weighted by atomic mass is 10.2. The van der Waals surface area contributed by atoms with Crippen molar-refractivity contribution in [3.8, 4) is 0 Å². The first-order valence-electron chi connectivity index (χ1n) is 7.68. The molecule has 0 bridgehead atoms. The van der Waals surface area contributed by atoms with E-state index in [0.29, 0.717) is 19.5 Å². The summed E-state index contributed by atoms with van der Waals surface area (Å²) >= 11 is 0. The molecule has 1 heterocycles. The van der Waals surface area contributed by atoms with Gasteiger partial charge in [-0.15, -0.1) is 12.4 Å². The summed E-state index contributed by atoms with van der Waals surface area (Å²) in [7, 11) is 1.74. The molecule has 6 nitrogen and oxygen atoms in total. The molecule has 2 rings (SSSR count). The van der Waals surface area contributed by atoms with E-state index in [1.807, 2.05) is 30.3 Å². The first kappa shape index (κ1) is 19.3. The summed E-state index contributed by atoms with van der Waals surface area (Å²) in [6.45, 7) is 2.68. The van der Waals surface area contributed by atoms with E-state index in [1.54, 1.807) is 11.9 Å². The molecule has 1 unspecified atom stereocenters. The van der Waals surface area contributed by atoms with Gasteiger partial charge in [0, 0.05) is 39.1 Å². The number of hydrogen-bond acceptors (Lipinski definition) is 3. The van der Waals surface area contributed by atoms with Crippen molar-refractivity contribution < 1.29 is 9.59 Å². The Morgan fingerprint density at radius 2 is 2.04 bits per heavy atom. The lowest BCUT2D eigenvalue weighted by molar-refractivity contribution is -0.121. The minimum absolute atomic E-state index is 0. The van der Waals surface area contributed by atoms with Gasteiger partial charge in [-0.1, -0.05) is 30.3 Å². The number of halogens is 1. The fraction of sp³-hybridized carbons (Fsp3) is 0.500. The van der Waals surface area contributed by atoms with Gasteiger partial charge in [-0.05, 0) is 18.5 Å². The lowest BCUT2D eigenvalue weighted by Gasteiger charge is -2.18. The van der Waals surface area contributed by atoms with Crippen molar-refractivity contribution in [1.29, 1.82) is 0 Å². The van der Waals surface area contributed by atoms with Gasteiger partial charge < -0.3 is 20.9 Å². The number of urea groups is 1. The molecule has 1 atom stereocenters. The highest BCUT2D eigenvalue weighted by Gasteiger charge is 2.16. The summed E-state index contributed by atoms with van der Waals surface area (Å²) in [5, 5.41) is 8.92. The molecule has 23 heavy (non-hydrogen) atoms. The number of rotatable bonds is 6. The van der Waals surface area contributed by atoms with Crippen LogP contribution < -0.4 is 16.0 Å². The molecular weight excluding hydrogens is 316 g/mol. The van der Waals surface area contributed by atoms with Gasteiger partial charge in [0.15, 0.2) is 0 Å². The summed E-state index contributed by atoms with van der Waals surface area (Å²) in [5.74, 6) is -0.0142. The topological polar surface area (TPSA) is 73.5 Å².